The summed E-state index contributed by atoms with van der Waals surface area (Å²) in [6.07, 6.45) is 0. The van der Waals surface area contributed by atoms with Crippen LogP contribution in [0, 0.1) is 13.8 Å². The first kappa shape index (κ1) is 14.9. The predicted molar refractivity (Wildman–Crippen MR) is 84.4 cm³/mol. The molecule has 106 valence electrons. The fourth-order valence-corrected chi connectivity index (χ4v) is 2.74. The number of benzene rings is 1. The summed E-state index contributed by atoms with van der Waals surface area (Å²) in [5.74, 6) is -0.893. The van der Waals surface area contributed by atoms with Gasteiger partial charge in [0.15, 0.2) is 0 Å². The van der Waals surface area contributed by atoms with Gasteiger partial charge < -0.3 is 9.67 Å². The van der Waals surface area contributed by atoms with E-state index >= 15 is 0 Å². The lowest BCUT2D eigenvalue weighted by molar-refractivity contribution is 0.0683. The Labute approximate surface area is 127 Å². The van der Waals surface area contributed by atoms with E-state index in [0.717, 1.165) is 26.9 Å². The zero-order valence-corrected chi connectivity index (χ0v) is 13.7. The maximum absolute atomic E-state index is 11.3. The van der Waals surface area contributed by atoms with Crippen molar-refractivity contribution in [2.24, 2.45) is 0 Å². The fourth-order valence-electron chi connectivity index (χ4n) is 2.51. The number of carboxylic acid groups (broad SMARTS) is 1. The second-order valence-electron chi connectivity index (χ2n) is 5.30. The number of hydrogen-bond donors (Lipinski definition) is 1. The van der Waals surface area contributed by atoms with Crippen LogP contribution in [0.3, 0.4) is 0 Å². The minimum absolute atomic E-state index is 0.0929. The van der Waals surface area contributed by atoms with E-state index in [0.29, 0.717) is 5.69 Å². The third-order valence-corrected chi connectivity index (χ3v) is 4.64. The Balaban J connectivity index is 2.67. The number of carboxylic acids is 1. The molecule has 0 atom stereocenters. The van der Waals surface area contributed by atoms with Gasteiger partial charge in [0.1, 0.15) is 5.69 Å². The maximum Gasteiger partial charge on any atom is 0.352 e. The van der Waals surface area contributed by atoms with E-state index in [1.165, 1.54) is 0 Å². The SMILES string of the molecule is Cc1cc(-c2ccc(C(=O)O)n2C(C)C)cc(C)c1Br. The summed E-state index contributed by atoms with van der Waals surface area (Å²) in [6.45, 7) is 8.08. The molecular formula is C16H18BrNO2. The van der Waals surface area contributed by atoms with Crippen LogP contribution in [-0.2, 0) is 0 Å². The molecule has 0 saturated heterocycles. The highest BCUT2D eigenvalue weighted by Crippen LogP contribution is 2.31. The highest BCUT2D eigenvalue weighted by Gasteiger charge is 2.18. The van der Waals surface area contributed by atoms with Crippen LogP contribution >= 0.6 is 15.9 Å². The van der Waals surface area contributed by atoms with Gasteiger partial charge >= 0.3 is 5.97 Å². The van der Waals surface area contributed by atoms with Gasteiger partial charge in [-0.05, 0) is 68.7 Å². The third-order valence-electron chi connectivity index (χ3n) is 3.39. The van der Waals surface area contributed by atoms with Gasteiger partial charge in [0, 0.05) is 16.2 Å². The Kier molecular flexibility index (Phi) is 4.04. The molecule has 1 aromatic carbocycles. The quantitative estimate of drug-likeness (QED) is 0.874. The highest BCUT2D eigenvalue weighted by atomic mass is 79.9. The molecule has 0 aliphatic heterocycles. The summed E-state index contributed by atoms with van der Waals surface area (Å²) in [5.41, 5.74) is 4.61. The second kappa shape index (κ2) is 5.44. The van der Waals surface area contributed by atoms with Crippen LogP contribution in [0.2, 0.25) is 0 Å². The molecule has 0 saturated carbocycles. The van der Waals surface area contributed by atoms with Gasteiger partial charge in [0.25, 0.3) is 0 Å². The monoisotopic (exact) mass is 335 g/mol. The Bertz CT molecular complexity index is 648. The summed E-state index contributed by atoms with van der Waals surface area (Å²) in [6, 6.07) is 7.81. The number of rotatable bonds is 3. The summed E-state index contributed by atoms with van der Waals surface area (Å²) in [5, 5.41) is 9.30. The lowest BCUT2D eigenvalue weighted by atomic mass is 10.0. The van der Waals surface area contributed by atoms with Crippen molar-refractivity contribution in [2.75, 3.05) is 0 Å². The lowest BCUT2D eigenvalue weighted by Gasteiger charge is -2.17. The molecule has 0 spiro atoms. The van der Waals surface area contributed by atoms with Crippen molar-refractivity contribution in [3.05, 3.63) is 45.6 Å². The van der Waals surface area contributed by atoms with Crippen LogP contribution in [0.5, 0.6) is 0 Å². The Hall–Kier alpha value is -1.55. The van der Waals surface area contributed by atoms with E-state index in [2.05, 4.69) is 28.1 Å². The minimum atomic E-state index is -0.893. The van der Waals surface area contributed by atoms with Crippen molar-refractivity contribution in [3.63, 3.8) is 0 Å². The van der Waals surface area contributed by atoms with Crippen LogP contribution in [0.15, 0.2) is 28.7 Å². The standard InChI is InChI=1S/C16H18BrNO2/c1-9(2)18-13(5-6-14(18)16(19)20)12-7-10(3)15(17)11(4)8-12/h5-9H,1-4H3,(H,19,20). The first-order valence-corrected chi connectivity index (χ1v) is 7.34. The first-order chi connectivity index (χ1) is 9.32. The summed E-state index contributed by atoms with van der Waals surface area (Å²) < 4.78 is 2.96. The Morgan fingerprint density at radius 1 is 1.20 bits per heavy atom. The molecular weight excluding hydrogens is 318 g/mol. The summed E-state index contributed by atoms with van der Waals surface area (Å²) >= 11 is 3.56. The van der Waals surface area contributed by atoms with Gasteiger partial charge in [-0.3, -0.25) is 0 Å². The van der Waals surface area contributed by atoms with Gasteiger partial charge in [-0.1, -0.05) is 15.9 Å². The van der Waals surface area contributed by atoms with Gasteiger partial charge in [-0.25, -0.2) is 4.79 Å². The number of aryl methyl sites for hydroxylation is 2. The number of carbonyl (C=O) groups is 1. The predicted octanol–water partition coefficient (Wildman–Crippen LogP) is 4.81. The molecule has 1 N–H and O–H groups in total. The molecule has 0 aliphatic carbocycles. The minimum Gasteiger partial charge on any atom is -0.477 e. The average molecular weight is 336 g/mol. The maximum atomic E-state index is 11.3. The number of nitrogens with zero attached hydrogens (tertiary/aromatic N) is 1. The van der Waals surface area contributed by atoms with Gasteiger partial charge in [-0.2, -0.15) is 0 Å². The normalized spacial score (nSPS) is 11.1. The van der Waals surface area contributed by atoms with Crippen LogP contribution in [0.25, 0.3) is 11.3 Å². The third kappa shape index (κ3) is 2.52. The van der Waals surface area contributed by atoms with Crippen molar-refractivity contribution in [1.29, 1.82) is 0 Å². The van der Waals surface area contributed by atoms with Crippen molar-refractivity contribution in [1.82, 2.24) is 4.57 Å². The zero-order chi connectivity index (χ0) is 15.0. The smallest absolute Gasteiger partial charge is 0.352 e. The van der Waals surface area contributed by atoms with E-state index < -0.39 is 5.97 Å². The number of hydrogen-bond acceptors (Lipinski definition) is 1. The Morgan fingerprint density at radius 3 is 2.20 bits per heavy atom. The molecule has 20 heavy (non-hydrogen) atoms. The largest absolute Gasteiger partial charge is 0.477 e. The van der Waals surface area contributed by atoms with Crippen LogP contribution in [0.1, 0.15) is 41.5 Å². The van der Waals surface area contributed by atoms with Crippen LogP contribution < -0.4 is 0 Å². The van der Waals surface area contributed by atoms with E-state index in [4.69, 9.17) is 0 Å². The molecule has 1 heterocycles. The molecule has 1 aromatic heterocycles. The zero-order valence-electron chi connectivity index (χ0n) is 12.1. The van der Waals surface area contributed by atoms with Crippen molar-refractivity contribution in [2.45, 2.75) is 33.7 Å². The lowest BCUT2D eigenvalue weighted by Crippen LogP contribution is -2.11. The molecule has 0 radical (unpaired) electrons. The molecule has 0 unspecified atom stereocenters. The summed E-state index contributed by atoms with van der Waals surface area (Å²) in [7, 11) is 0. The van der Waals surface area contributed by atoms with E-state index in [-0.39, 0.29) is 6.04 Å². The molecule has 0 aliphatic rings. The van der Waals surface area contributed by atoms with Crippen LogP contribution in [0.4, 0.5) is 0 Å². The molecule has 0 amide bonds. The topological polar surface area (TPSA) is 42.2 Å². The summed E-state index contributed by atoms with van der Waals surface area (Å²) in [4.78, 5) is 11.3. The molecule has 0 bridgehead atoms. The van der Waals surface area contributed by atoms with E-state index in [1.54, 1.807) is 6.07 Å². The average Bonchev–Trinajstić information content (AvgIpc) is 2.80. The molecule has 0 fully saturated rings. The van der Waals surface area contributed by atoms with Crippen molar-refractivity contribution >= 4 is 21.9 Å². The van der Waals surface area contributed by atoms with Gasteiger partial charge in [0.05, 0.1) is 0 Å². The number of halogens is 1. The van der Waals surface area contributed by atoms with Crippen LogP contribution in [-0.4, -0.2) is 15.6 Å². The number of aromatic nitrogens is 1. The molecule has 2 aromatic rings. The highest BCUT2D eigenvalue weighted by molar-refractivity contribution is 9.10. The van der Waals surface area contributed by atoms with E-state index in [1.807, 2.05) is 38.3 Å². The fraction of sp³-hybridized carbons (Fsp3) is 0.312. The van der Waals surface area contributed by atoms with Gasteiger partial charge in [-0.15, -0.1) is 0 Å². The Morgan fingerprint density at radius 2 is 1.75 bits per heavy atom. The number of aromatic carboxylic acids is 1. The van der Waals surface area contributed by atoms with E-state index in [9.17, 15) is 9.90 Å². The molecule has 3 nitrogen and oxygen atoms in total. The molecule has 4 heteroatoms. The van der Waals surface area contributed by atoms with Crippen molar-refractivity contribution < 1.29 is 9.90 Å². The second-order valence-corrected chi connectivity index (χ2v) is 6.09. The van der Waals surface area contributed by atoms with Gasteiger partial charge in [0.2, 0.25) is 0 Å². The van der Waals surface area contributed by atoms with Crippen molar-refractivity contribution in [3.8, 4) is 11.3 Å². The molecule has 2 rings (SSSR count). The first-order valence-electron chi connectivity index (χ1n) is 6.54.